The molecule has 0 radical (unpaired) electrons. The first-order chi connectivity index (χ1) is 11.3. The zero-order valence-electron chi connectivity index (χ0n) is 12.7. The minimum Gasteiger partial charge on any atom is -0.366 e. The van der Waals surface area contributed by atoms with Gasteiger partial charge in [-0.05, 0) is 49.2 Å². The van der Waals surface area contributed by atoms with E-state index in [1.807, 2.05) is 18.3 Å². The Bertz CT molecular complexity index is 824. The Balaban J connectivity index is 1.69. The van der Waals surface area contributed by atoms with Gasteiger partial charge in [0, 0.05) is 33.7 Å². The lowest BCUT2D eigenvalue weighted by molar-refractivity contribution is 0.479. The van der Waals surface area contributed by atoms with Crippen LogP contribution in [0.1, 0.15) is 12.8 Å². The Morgan fingerprint density at radius 1 is 1.26 bits per heavy atom. The van der Waals surface area contributed by atoms with Crippen molar-refractivity contribution in [2.45, 2.75) is 18.9 Å². The standard InChI is InChI=1S/C18H18FN3S/c19-13-4-1-3-12(9-13)17-10-15-16(23-17)6-8-21-18(15)22-14-5-2-7-20-11-14/h1,3-4,6,8-10,14,20H,2,5,7,11H2,(H,21,22)/t14-/m0/s1. The molecule has 2 N–H and O–H groups in total. The maximum atomic E-state index is 13.5. The molecule has 118 valence electrons. The number of benzene rings is 1. The van der Waals surface area contributed by atoms with Crippen molar-refractivity contribution in [3.63, 3.8) is 0 Å². The van der Waals surface area contributed by atoms with E-state index in [9.17, 15) is 4.39 Å². The minimum absolute atomic E-state index is 0.204. The van der Waals surface area contributed by atoms with Gasteiger partial charge in [0.1, 0.15) is 11.6 Å². The van der Waals surface area contributed by atoms with Crippen molar-refractivity contribution in [3.8, 4) is 10.4 Å². The molecule has 3 heterocycles. The van der Waals surface area contributed by atoms with Crippen LogP contribution in [0, 0.1) is 5.82 Å². The van der Waals surface area contributed by atoms with Gasteiger partial charge in [0.05, 0.1) is 0 Å². The first kappa shape index (κ1) is 14.6. The summed E-state index contributed by atoms with van der Waals surface area (Å²) in [7, 11) is 0. The SMILES string of the molecule is Fc1cccc(-c2cc3c(N[C@H]4CCCNC4)nccc3s2)c1. The number of hydrogen-bond acceptors (Lipinski definition) is 4. The lowest BCUT2D eigenvalue weighted by Crippen LogP contribution is -2.38. The summed E-state index contributed by atoms with van der Waals surface area (Å²) in [4.78, 5) is 5.59. The number of nitrogens with zero attached hydrogens (tertiary/aromatic N) is 1. The number of aromatic nitrogens is 1. The van der Waals surface area contributed by atoms with E-state index in [1.54, 1.807) is 23.5 Å². The highest BCUT2D eigenvalue weighted by atomic mass is 32.1. The van der Waals surface area contributed by atoms with Crippen molar-refractivity contribution < 1.29 is 4.39 Å². The number of thiophene rings is 1. The normalized spacial score (nSPS) is 18.2. The lowest BCUT2D eigenvalue weighted by Gasteiger charge is -2.24. The van der Waals surface area contributed by atoms with Crippen molar-refractivity contribution in [2.75, 3.05) is 18.4 Å². The Morgan fingerprint density at radius 3 is 3.04 bits per heavy atom. The summed E-state index contributed by atoms with van der Waals surface area (Å²) in [6.45, 7) is 2.07. The van der Waals surface area contributed by atoms with Gasteiger partial charge in [0.2, 0.25) is 0 Å². The number of fused-ring (bicyclic) bond motifs is 1. The molecule has 1 saturated heterocycles. The van der Waals surface area contributed by atoms with E-state index in [4.69, 9.17) is 0 Å². The number of hydrogen-bond donors (Lipinski definition) is 2. The van der Waals surface area contributed by atoms with Crippen LogP contribution in [0.15, 0.2) is 42.6 Å². The third-order valence-corrected chi connectivity index (χ3v) is 5.34. The van der Waals surface area contributed by atoms with E-state index in [0.29, 0.717) is 6.04 Å². The van der Waals surface area contributed by atoms with Gasteiger partial charge in [-0.15, -0.1) is 11.3 Å². The van der Waals surface area contributed by atoms with Crippen LogP contribution in [0.3, 0.4) is 0 Å². The van der Waals surface area contributed by atoms with Crippen LogP contribution in [0.5, 0.6) is 0 Å². The van der Waals surface area contributed by atoms with Gasteiger partial charge in [-0.2, -0.15) is 0 Å². The molecule has 2 aromatic heterocycles. The molecule has 1 fully saturated rings. The molecule has 0 aliphatic carbocycles. The number of piperidine rings is 1. The summed E-state index contributed by atoms with van der Waals surface area (Å²) in [5, 5.41) is 8.08. The Kier molecular flexibility index (Phi) is 3.97. The van der Waals surface area contributed by atoms with Crippen molar-refractivity contribution in [1.82, 2.24) is 10.3 Å². The maximum Gasteiger partial charge on any atom is 0.134 e. The molecule has 0 unspecified atom stereocenters. The first-order valence-electron chi connectivity index (χ1n) is 7.91. The highest BCUT2D eigenvalue weighted by Crippen LogP contribution is 2.36. The van der Waals surface area contributed by atoms with Crippen LogP contribution in [0.4, 0.5) is 10.2 Å². The highest BCUT2D eigenvalue weighted by Gasteiger charge is 2.15. The number of rotatable bonds is 3. The molecular weight excluding hydrogens is 309 g/mol. The molecule has 4 rings (SSSR count). The van der Waals surface area contributed by atoms with E-state index in [0.717, 1.165) is 41.2 Å². The molecule has 1 aliphatic heterocycles. The van der Waals surface area contributed by atoms with E-state index < -0.39 is 0 Å². The second kappa shape index (κ2) is 6.26. The highest BCUT2D eigenvalue weighted by molar-refractivity contribution is 7.22. The fourth-order valence-electron chi connectivity index (χ4n) is 3.03. The van der Waals surface area contributed by atoms with E-state index >= 15 is 0 Å². The fraction of sp³-hybridized carbons (Fsp3) is 0.278. The number of nitrogens with one attached hydrogen (secondary N) is 2. The van der Waals surface area contributed by atoms with Gasteiger partial charge in [-0.3, -0.25) is 0 Å². The predicted molar refractivity (Wildman–Crippen MR) is 94.5 cm³/mol. The molecule has 3 nitrogen and oxygen atoms in total. The van der Waals surface area contributed by atoms with Crippen molar-refractivity contribution >= 4 is 27.2 Å². The molecule has 1 atom stereocenters. The summed E-state index contributed by atoms with van der Waals surface area (Å²) < 4.78 is 14.6. The molecule has 0 saturated carbocycles. The first-order valence-corrected chi connectivity index (χ1v) is 8.73. The molecule has 0 bridgehead atoms. The fourth-order valence-corrected chi connectivity index (χ4v) is 4.08. The van der Waals surface area contributed by atoms with Crippen LogP contribution in [-0.4, -0.2) is 24.1 Å². The van der Waals surface area contributed by atoms with E-state index in [-0.39, 0.29) is 5.82 Å². The van der Waals surface area contributed by atoms with Gasteiger partial charge in [0.15, 0.2) is 0 Å². The van der Waals surface area contributed by atoms with Crippen LogP contribution < -0.4 is 10.6 Å². The molecule has 1 aliphatic rings. The van der Waals surface area contributed by atoms with Crippen LogP contribution in [-0.2, 0) is 0 Å². The molecule has 0 spiro atoms. The van der Waals surface area contributed by atoms with Gasteiger partial charge >= 0.3 is 0 Å². The van der Waals surface area contributed by atoms with Gasteiger partial charge < -0.3 is 10.6 Å². The predicted octanol–water partition coefficient (Wildman–Crippen LogP) is 4.27. The van der Waals surface area contributed by atoms with Crippen molar-refractivity contribution in [2.24, 2.45) is 0 Å². The maximum absolute atomic E-state index is 13.5. The van der Waals surface area contributed by atoms with Crippen LogP contribution in [0.2, 0.25) is 0 Å². The third kappa shape index (κ3) is 3.07. The number of pyridine rings is 1. The zero-order valence-corrected chi connectivity index (χ0v) is 13.5. The summed E-state index contributed by atoms with van der Waals surface area (Å²) in [6, 6.07) is 11.3. The molecule has 23 heavy (non-hydrogen) atoms. The van der Waals surface area contributed by atoms with Crippen molar-refractivity contribution in [3.05, 3.63) is 48.4 Å². The Hall–Kier alpha value is -1.98. The quantitative estimate of drug-likeness (QED) is 0.754. The second-order valence-corrected chi connectivity index (χ2v) is 6.96. The third-order valence-electron chi connectivity index (χ3n) is 4.19. The van der Waals surface area contributed by atoms with Gasteiger partial charge in [0.25, 0.3) is 0 Å². The van der Waals surface area contributed by atoms with Crippen LogP contribution >= 0.6 is 11.3 Å². The summed E-state index contributed by atoms with van der Waals surface area (Å²) in [6.07, 6.45) is 4.19. The van der Waals surface area contributed by atoms with E-state index in [1.165, 1.54) is 17.2 Å². The average molecular weight is 327 g/mol. The molecular formula is C18H18FN3S. The summed E-state index contributed by atoms with van der Waals surface area (Å²) >= 11 is 1.67. The van der Waals surface area contributed by atoms with Gasteiger partial charge in [-0.25, -0.2) is 9.37 Å². The number of halogens is 1. The smallest absolute Gasteiger partial charge is 0.134 e. The van der Waals surface area contributed by atoms with Crippen molar-refractivity contribution in [1.29, 1.82) is 0 Å². The molecule has 5 heteroatoms. The largest absolute Gasteiger partial charge is 0.366 e. The second-order valence-electron chi connectivity index (χ2n) is 5.88. The van der Waals surface area contributed by atoms with Gasteiger partial charge in [-0.1, -0.05) is 12.1 Å². The lowest BCUT2D eigenvalue weighted by atomic mass is 10.1. The molecule has 3 aromatic rings. The average Bonchev–Trinajstić information content (AvgIpc) is 3.01. The number of anilines is 1. The minimum atomic E-state index is -0.204. The summed E-state index contributed by atoms with van der Waals surface area (Å²) in [5.74, 6) is 0.722. The Morgan fingerprint density at radius 2 is 2.22 bits per heavy atom. The van der Waals surface area contributed by atoms with Crippen LogP contribution in [0.25, 0.3) is 20.5 Å². The Labute approximate surface area is 138 Å². The topological polar surface area (TPSA) is 37.0 Å². The monoisotopic (exact) mass is 327 g/mol. The molecule has 1 aromatic carbocycles. The zero-order chi connectivity index (χ0) is 15.6. The molecule has 0 amide bonds. The summed E-state index contributed by atoms with van der Waals surface area (Å²) in [5.41, 5.74) is 0.913. The van der Waals surface area contributed by atoms with E-state index in [2.05, 4.69) is 21.7 Å².